The van der Waals surface area contributed by atoms with Gasteiger partial charge in [-0.1, -0.05) is 24.3 Å². The number of anilines is 2. The molecule has 1 amide bonds. The smallest absolute Gasteiger partial charge is 0.262 e. The molecule has 0 saturated heterocycles. The van der Waals surface area contributed by atoms with Gasteiger partial charge in [0.2, 0.25) is 0 Å². The van der Waals surface area contributed by atoms with Crippen molar-refractivity contribution in [3.05, 3.63) is 70.2 Å². The van der Waals surface area contributed by atoms with Crippen molar-refractivity contribution in [3.8, 4) is 0 Å². The van der Waals surface area contributed by atoms with Gasteiger partial charge in [-0.25, -0.2) is 13.4 Å². The van der Waals surface area contributed by atoms with Crippen LogP contribution in [-0.4, -0.2) is 19.3 Å². The first-order valence-electron chi connectivity index (χ1n) is 8.19. The van der Waals surface area contributed by atoms with Crippen molar-refractivity contribution >= 4 is 38.1 Å². The number of hydrogen-bond donors (Lipinski definition) is 2. The number of amides is 1. The van der Waals surface area contributed by atoms with Crippen molar-refractivity contribution in [2.24, 2.45) is 0 Å². The molecule has 3 aromatic rings. The zero-order chi connectivity index (χ0) is 19.6. The average Bonchev–Trinajstić information content (AvgIpc) is 3.02. The second-order valence-electron chi connectivity index (χ2n) is 6.17. The van der Waals surface area contributed by atoms with Crippen LogP contribution in [0.15, 0.2) is 52.7 Å². The predicted octanol–water partition coefficient (Wildman–Crippen LogP) is 4.12. The average molecular weight is 402 g/mol. The Morgan fingerprint density at radius 3 is 2.52 bits per heavy atom. The van der Waals surface area contributed by atoms with Gasteiger partial charge in [-0.2, -0.15) is 0 Å². The van der Waals surface area contributed by atoms with Crippen LogP contribution in [0.25, 0.3) is 0 Å². The molecule has 2 N–H and O–H groups in total. The maximum Gasteiger partial charge on any atom is 0.262 e. The standard InChI is InChI=1S/C19H19N3O3S2/c1-12-8-9-13(2)17(10-12)27(24,25)22-16-7-5-4-6-15(16)18(23)21-19-20-14(3)11-26-19/h4-11,22H,1-3H3,(H,20,21,23). The normalized spacial score (nSPS) is 11.2. The Labute approximate surface area is 162 Å². The summed E-state index contributed by atoms with van der Waals surface area (Å²) in [4.78, 5) is 17.0. The highest BCUT2D eigenvalue weighted by molar-refractivity contribution is 7.92. The fourth-order valence-corrected chi connectivity index (χ4v) is 4.64. The van der Waals surface area contributed by atoms with Crippen molar-refractivity contribution in [1.29, 1.82) is 0 Å². The fraction of sp³-hybridized carbons (Fsp3) is 0.158. The molecule has 140 valence electrons. The number of nitrogens with one attached hydrogen (secondary N) is 2. The quantitative estimate of drug-likeness (QED) is 0.673. The lowest BCUT2D eigenvalue weighted by molar-refractivity contribution is 0.102. The Bertz CT molecular complexity index is 1100. The maximum absolute atomic E-state index is 12.9. The number of aryl methyl sites for hydroxylation is 3. The van der Waals surface area contributed by atoms with E-state index >= 15 is 0 Å². The molecule has 8 heteroatoms. The molecule has 6 nitrogen and oxygen atoms in total. The van der Waals surface area contributed by atoms with E-state index < -0.39 is 15.9 Å². The summed E-state index contributed by atoms with van der Waals surface area (Å²) in [6.07, 6.45) is 0. The van der Waals surface area contributed by atoms with Crippen LogP contribution in [0.1, 0.15) is 27.2 Å². The Morgan fingerprint density at radius 1 is 1.07 bits per heavy atom. The summed E-state index contributed by atoms with van der Waals surface area (Å²) in [5.41, 5.74) is 2.71. The molecule has 3 rings (SSSR count). The van der Waals surface area contributed by atoms with Crippen LogP contribution in [0.3, 0.4) is 0 Å². The van der Waals surface area contributed by atoms with Crippen LogP contribution in [0.5, 0.6) is 0 Å². The van der Waals surface area contributed by atoms with Gasteiger partial charge in [-0.15, -0.1) is 11.3 Å². The van der Waals surface area contributed by atoms with E-state index in [9.17, 15) is 13.2 Å². The van der Waals surface area contributed by atoms with Crippen LogP contribution >= 0.6 is 11.3 Å². The molecule has 0 aliphatic carbocycles. The van der Waals surface area contributed by atoms with Crippen molar-refractivity contribution in [1.82, 2.24) is 4.98 Å². The van der Waals surface area contributed by atoms with Crippen LogP contribution in [0.4, 0.5) is 10.8 Å². The van der Waals surface area contributed by atoms with Gasteiger partial charge < -0.3 is 0 Å². The minimum absolute atomic E-state index is 0.188. The predicted molar refractivity (Wildman–Crippen MR) is 108 cm³/mol. The van der Waals surface area contributed by atoms with E-state index in [-0.39, 0.29) is 16.1 Å². The number of hydrogen-bond acceptors (Lipinski definition) is 5. The number of carbonyl (C=O) groups is 1. The summed E-state index contributed by atoms with van der Waals surface area (Å²) in [6, 6.07) is 11.7. The second-order valence-corrected chi connectivity index (χ2v) is 8.68. The molecule has 0 fully saturated rings. The summed E-state index contributed by atoms with van der Waals surface area (Å²) in [6.45, 7) is 5.39. The van der Waals surface area contributed by atoms with Gasteiger partial charge in [0.1, 0.15) is 0 Å². The van der Waals surface area contributed by atoms with Crippen LogP contribution in [0.2, 0.25) is 0 Å². The molecule has 1 aromatic heterocycles. The van der Waals surface area contributed by atoms with Gasteiger partial charge in [-0.05, 0) is 50.1 Å². The number of rotatable bonds is 5. The number of para-hydroxylation sites is 1. The zero-order valence-corrected chi connectivity index (χ0v) is 16.7. The zero-order valence-electron chi connectivity index (χ0n) is 15.1. The van der Waals surface area contributed by atoms with E-state index in [4.69, 9.17) is 0 Å². The Kier molecular flexibility index (Phi) is 5.29. The summed E-state index contributed by atoms with van der Waals surface area (Å²) < 4.78 is 28.3. The molecule has 0 bridgehead atoms. The van der Waals surface area contributed by atoms with Crippen molar-refractivity contribution in [2.75, 3.05) is 10.0 Å². The van der Waals surface area contributed by atoms with Crippen LogP contribution in [-0.2, 0) is 10.0 Å². The maximum atomic E-state index is 12.9. The lowest BCUT2D eigenvalue weighted by atomic mass is 10.2. The van der Waals surface area contributed by atoms with Crippen molar-refractivity contribution in [3.63, 3.8) is 0 Å². The second kappa shape index (κ2) is 7.50. The SMILES string of the molecule is Cc1ccc(C)c(S(=O)(=O)Nc2ccccc2C(=O)Nc2nc(C)cs2)c1. The molecule has 0 aliphatic rings. The van der Waals surface area contributed by atoms with E-state index in [0.29, 0.717) is 10.7 Å². The lowest BCUT2D eigenvalue weighted by Gasteiger charge is -2.14. The number of benzene rings is 2. The third-order valence-corrected chi connectivity index (χ3v) is 6.27. The minimum Gasteiger partial charge on any atom is -0.298 e. The van der Waals surface area contributed by atoms with E-state index in [2.05, 4.69) is 15.0 Å². The third-order valence-electron chi connectivity index (χ3n) is 3.89. The summed E-state index contributed by atoms with van der Waals surface area (Å²) in [7, 11) is -3.83. The molecular formula is C19H19N3O3S2. The van der Waals surface area contributed by atoms with Crippen LogP contribution in [0, 0.1) is 20.8 Å². The highest BCUT2D eigenvalue weighted by Gasteiger charge is 2.21. The molecule has 0 unspecified atom stereocenters. The first-order valence-corrected chi connectivity index (χ1v) is 10.5. The van der Waals surface area contributed by atoms with Gasteiger partial charge >= 0.3 is 0 Å². The molecular weight excluding hydrogens is 382 g/mol. The molecule has 0 atom stereocenters. The first kappa shape index (κ1) is 19.1. The number of sulfonamides is 1. The lowest BCUT2D eigenvalue weighted by Crippen LogP contribution is -2.19. The molecule has 0 radical (unpaired) electrons. The summed E-state index contributed by atoms with van der Waals surface area (Å²) in [5, 5.41) is 4.99. The first-order chi connectivity index (χ1) is 12.8. The molecule has 0 aliphatic heterocycles. The molecule has 27 heavy (non-hydrogen) atoms. The molecule has 1 heterocycles. The summed E-state index contributed by atoms with van der Waals surface area (Å²) >= 11 is 1.31. The van der Waals surface area contributed by atoms with Gasteiger partial charge in [0.25, 0.3) is 15.9 Å². The van der Waals surface area contributed by atoms with Crippen LogP contribution < -0.4 is 10.0 Å². The highest BCUT2D eigenvalue weighted by Crippen LogP contribution is 2.24. The van der Waals surface area contributed by atoms with Gasteiger partial charge in [-0.3, -0.25) is 14.8 Å². The Morgan fingerprint density at radius 2 is 1.81 bits per heavy atom. The third kappa shape index (κ3) is 4.35. The fourth-order valence-electron chi connectivity index (χ4n) is 2.54. The Hall–Kier alpha value is -2.71. The van der Waals surface area contributed by atoms with Gasteiger partial charge in [0.15, 0.2) is 5.13 Å². The molecule has 2 aromatic carbocycles. The largest absolute Gasteiger partial charge is 0.298 e. The molecule has 0 spiro atoms. The minimum atomic E-state index is -3.83. The van der Waals surface area contributed by atoms with E-state index in [1.54, 1.807) is 43.3 Å². The number of nitrogens with zero attached hydrogens (tertiary/aromatic N) is 1. The van der Waals surface area contributed by atoms with E-state index in [0.717, 1.165) is 11.3 Å². The van der Waals surface area contributed by atoms with Gasteiger partial charge in [0, 0.05) is 5.38 Å². The number of aromatic nitrogens is 1. The summed E-state index contributed by atoms with van der Waals surface area (Å²) in [5.74, 6) is -0.427. The van der Waals surface area contributed by atoms with Crippen molar-refractivity contribution in [2.45, 2.75) is 25.7 Å². The van der Waals surface area contributed by atoms with Crippen molar-refractivity contribution < 1.29 is 13.2 Å². The van der Waals surface area contributed by atoms with Gasteiger partial charge in [0.05, 0.1) is 21.8 Å². The topological polar surface area (TPSA) is 88.2 Å². The van der Waals surface area contributed by atoms with E-state index in [1.807, 2.05) is 25.3 Å². The Balaban J connectivity index is 1.91. The highest BCUT2D eigenvalue weighted by atomic mass is 32.2. The van der Waals surface area contributed by atoms with E-state index in [1.165, 1.54) is 11.3 Å². The number of thiazole rings is 1. The number of carbonyl (C=O) groups excluding carboxylic acids is 1. The monoisotopic (exact) mass is 401 g/mol. The molecule has 0 saturated carbocycles.